The van der Waals surface area contributed by atoms with Gasteiger partial charge in [-0.15, -0.1) is 11.3 Å². The van der Waals surface area contributed by atoms with E-state index in [0.29, 0.717) is 20.0 Å². The molecular formula is C14H12Cl2O2S. The van der Waals surface area contributed by atoms with Crippen LogP contribution in [-0.4, -0.2) is 11.9 Å². The average molecular weight is 315 g/mol. The lowest BCUT2D eigenvalue weighted by molar-refractivity contribution is 0.0821. The van der Waals surface area contributed by atoms with Crippen LogP contribution >= 0.6 is 34.5 Å². The number of Topliss-reactive ketones (excluding diaryl/α,β-unsaturated/α-hetero) is 1. The highest BCUT2D eigenvalue weighted by Gasteiger charge is 2.19. The second kappa shape index (κ2) is 5.95. The molecule has 0 saturated heterocycles. The number of aryl methyl sites for hydroxylation is 1. The molecule has 1 heterocycles. The summed E-state index contributed by atoms with van der Waals surface area (Å²) in [6.07, 6.45) is -0.561. The molecule has 19 heavy (non-hydrogen) atoms. The number of carbonyl (C=O) groups is 1. The topological polar surface area (TPSA) is 26.3 Å². The molecule has 0 spiro atoms. The molecule has 5 heteroatoms. The standard InChI is InChI=1S/C14H12Cl2O2S/c1-8-7-10(15)3-4-11(8)18-9(2)14(17)12-5-6-13(16)19-12/h3-7,9H,1-2H3. The molecule has 2 rings (SSSR count). The summed E-state index contributed by atoms with van der Waals surface area (Å²) in [5.41, 5.74) is 0.899. The van der Waals surface area contributed by atoms with Gasteiger partial charge in [-0.3, -0.25) is 4.79 Å². The van der Waals surface area contributed by atoms with E-state index in [9.17, 15) is 4.79 Å². The van der Waals surface area contributed by atoms with E-state index < -0.39 is 6.10 Å². The minimum absolute atomic E-state index is 0.0775. The molecule has 0 radical (unpaired) electrons. The molecule has 0 aliphatic rings. The van der Waals surface area contributed by atoms with Crippen molar-refractivity contribution in [2.75, 3.05) is 0 Å². The van der Waals surface area contributed by atoms with Gasteiger partial charge in [-0.05, 0) is 49.7 Å². The number of thiophene rings is 1. The van der Waals surface area contributed by atoms with Crippen LogP contribution < -0.4 is 4.74 Å². The van der Waals surface area contributed by atoms with E-state index in [-0.39, 0.29) is 5.78 Å². The largest absolute Gasteiger partial charge is 0.482 e. The highest BCUT2D eigenvalue weighted by Crippen LogP contribution is 2.26. The molecule has 2 nitrogen and oxygen atoms in total. The number of carbonyl (C=O) groups excluding carboxylic acids is 1. The Balaban J connectivity index is 2.12. The van der Waals surface area contributed by atoms with Crippen molar-refractivity contribution in [3.05, 3.63) is 50.1 Å². The van der Waals surface area contributed by atoms with Crippen molar-refractivity contribution < 1.29 is 9.53 Å². The van der Waals surface area contributed by atoms with E-state index in [0.717, 1.165) is 5.56 Å². The Morgan fingerprint density at radius 2 is 2.00 bits per heavy atom. The van der Waals surface area contributed by atoms with Gasteiger partial charge in [0, 0.05) is 5.02 Å². The minimum atomic E-state index is -0.561. The zero-order valence-electron chi connectivity index (χ0n) is 10.4. The first kappa shape index (κ1) is 14.4. The molecule has 1 aromatic heterocycles. The van der Waals surface area contributed by atoms with Crippen molar-refractivity contribution in [2.24, 2.45) is 0 Å². The van der Waals surface area contributed by atoms with E-state index in [1.165, 1.54) is 11.3 Å². The second-order valence-electron chi connectivity index (χ2n) is 4.14. The summed E-state index contributed by atoms with van der Waals surface area (Å²) in [4.78, 5) is 12.7. The van der Waals surface area contributed by atoms with Crippen LogP contribution in [-0.2, 0) is 0 Å². The molecule has 2 aromatic rings. The third kappa shape index (κ3) is 3.50. The summed E-state index contributed by atoms with van der Waals surface area (Å²) in [7, 11) is 0. The van der Waals surface area contributed by atoms with Gasteiger partial charge in [0.05, 0.1) is 9.21 Å². The zero-order chi connectivity index (χ0) is 14.0. The smallest absolute Gasteiger partial charge is 0.212 e. The molecule has 100 valence electrons. The van der Waals surface area contributed by atoms with Gasteiger partial charge in [0.25, 0.3) is 0 Å². The summed E-state index contributed by atoms with van der Waals surface area (Å²) in [6, 6.07) is 8.73. The highest BCUT2D eigenvalue weighted by molar-refractivity contribution is 7.18. The summed E-state index contributed by atoms with van der Waals surface area (Å²) in [6.45, 7) is 3.62. The molecule has 0 N–H and O–H groups in total. The number of rotatable bonds is 4. The van der Waals surface area contributed by atoms with E-state index in [1.807, 2.05) is 6.92 Å². The van der Waals surface area contributed by atoms with E-state index >= 15 is 0 Å². The van der Waals surface area contributed by atoms with Gasteiger partial charge in [0.15, 0.2) is 6.10 Å². The van der Waals surface area contributed by atoms with Crippen LogP contribution in [0.25, 0.3) is 0 Å². The van der Waals surface area contributed by atoms with Crippen molar-refractivity contribution in [1.29, 1.82) is 0 Å². The zero-order valence-corrected chi connectivity index (χ0v) is 12.8. The van der Waals surface area contributed by atoms with Crippen LogP contribution in [0.2, 0.25) is 9.36 Å². The molecule has 1 aromatic carbocycles. The summed E-state index contributed by atoms with van der Waals surface area (Å²) in [5.74, 6) is 0.583. The van der Waals surface area contributed by atoms with Crippen molar-refractivity contribution in [3.8, 4) is 5.75 Å². The fourth-order valence-electron chi connectivity index (χ4n) is 1.64. The maximum absolute atomic E-state index is 12.1. The first-order chi connectivity index (χ1) is 8.97. The molecule has 0 amide bonds. The van der Waals surface area contributed by atoms with Gasteiger partial charge >= 0.3 is 0 Å². The Bertz CT molecular complexity index is 607. The fraction of sp³-hybridized carbons (Fsp3) is 0.214. The molecule has 1 atom stereocenters. The lowest BCUT2D eigenvalue weighted by Crippen LogP contribution is -2.23. The third-order valence-electron chi connectivity index (χ3n) is 2.63. The number of hydrogen-bond acceptors (Lipinski definition) is 3. The normalized spacial score (nSPS) is 12.2. The Hall–Kier alpha value is -1.03. The first-order valence-corrected chi connectivity index (χ1v) is 7.27. The van der Waals surface area contributed by atoms with Gasteiger partial charge in [-0.1, -0.05) is 23.2 Å². The minimum Gasteiger partial charge on any atom is -0.482 e. The summed E-state index contributed by atoms with van der Waals surface area (Å²) in [5, 5.41) is 0.647. The molecule has 0 bridgehead atoms. The number of ether oxygens (including phenoxy) is 1. The van der Waals surface area contributed by atoms with Crippen LogP contribution in [0.15, 0.2) is 30.3 Å². The Kier molecular flexibility index (Phi) is 4.50. The van der Waals surface area contributed by atoms with Crippen molar-refractivity contribution in [1.82, 2.24) is 0 Å². The van der Waals surface area contributed by atoms with Crippen molar-refractivity contribution >= 4 is 40.3 Å². The van der Waals surface area contributed by atoms with Crippen LogP contribution in [0.4, 0.5) is 0 Å². The van der Waals surface area contributed by atoms with Crippen LogP contribution in [0.1, 0.15) is 22.2 Å². The molecule has 0 fully saturated rings. The number of benzene rings is 1. The van der Waals surface area contributed by atoms with Gasteiger partial charge in [0.2, 0.25) is 5.78 Å². The van der Waals surface area contributed by atoms with Gasteiger partial charge in [0.1, 0.15) is 5.75 Å². The molecular weight excluding hydrogens is 303 g/mol. The van der Waals surface area contributed by atoms with Crippen LogP contribution in [0.5, 0.6) is 5.75 Å². The lowest BCUT2D eigenvalue weighted by Gasteiger charge is -2.14. The van der Waals surface area contributed by atoms with Gasteiger partial charge in [-0.2, -0.15) is 0 Å². The van der Waals surface area contributed by atoms with E-state index in [2.05, 4.69) is 0 Å². The van der Waals surface area contributed by atoms with Crippen LogP contribution in [0, 0.1) is 6.92 Å². The van der Waals surface area contributed by atoms with Gasteiger partial charge in [-0.25, -0.2) is 0 Å². The molecule has 0 saturated carbocycles. The predicted molar refractivity (Wildman–Crippen MR) is 79.9 cm³/mol. The average Bonchev–Trinajstić information content (AvgIpc) is 2.78. The van der Waals surface area contributed by atoms with E-state index in [4.69, 9.17) is 27.9 Å². The Morgan fingerprint density at radius 1 is 1.26 bits per heavy atom. The number of ketones is 1. The molecule has 0 aliphatic carbocycles. The maximum atomic E-state index is 12.1. The second-order valence-corrected chi connectivity index (χ2v) is 6.29. The first-order valence-electron chi connectivity index (χ1n) is 5.69. The lowest BCUT2D eigenvalue weighted by atomic mass is 10.2. The van der Waals surface area contributed by atoms with Crippen molar-refractivity contribution in [2.45, 2.75) is 20.0 Å². The molecule has 0 aliphatic heterocycles. The number of halogens is 2. The van der Waals surface area contributed by atoms with Gasteiger partial charge < -0.3 is 4.74 Å². The van der Waals surface area contributed by atoms with Crippen molar-refractivity contribution in [3.63, 3.8) is 0 Å². The highest BCUT2D eigenvalue weighted by atomic mass is 35.5. The third-order valence-corrected chi connectivity index (χ3v) is 4.11. The predicted octanol–water partition coefficient (Wildman–Crippen LogP) is 5.01. The maximum Gasteiger partial charge on any atom is 0.212 e. The number of hydrogen-bond donors (Lipinski definition) is 0. The molecule has 1 unspecified atom stereocenters. The Morgan fingerprint density at radius 3 is 2.58 bits per heavy atom. The van der Waals surface area contributed by atoms with Crippen LogP contribution in [0.3, 0.4) is 0 Å². The SMILES string of the molecule is Cc1cc(Cl)ccc1OC(C)C(=O)c1ccc(Cl)s1. The van der Waals surface area contributed by atoms with E-state index in [1.54, 1.807) is 37.3 Å². The fourth-order valence-corrected chi connectivity index (χ4v) is 2.92. The monoisotopic (exact) mass is 314 g/mol. The Labute approximate surface area is 125 Å². The summed E-state index contributed by atoms with van der Waals surface area (Å²) < 4.78 is 6.28. The summed E-state index contributed by atoms with van der Waals surface area (Å²) >= 11 is 13.0. The quantitative estimate of drug-likeness (QED) is 0.741.